The third-order valence-electron chi connectivity index (χ3n) is 2.39. The van der Waals surface area contributed by atoms with E-state index in [9.17, 15) is 0 Å². The number of allylic oxidation sites excluding steroid dienone is 2. The molecule has 1 aliphatic heterocycles. The summed E-state index contributed by atoms with van der Waals surface area (Å²) in [6, 6.07) is 8.44. The standard InChI is InChI=1S/C12H13N.H2O4S/c1-8(2)12-9(3)13-11-7-5-4-6-10(11)12;1-5(2,3)4/h4-7H,1-3H3;(H2,1,2,3,4). The van der Waals surface area contributed by atoms with Gasteiger partial charge in [0.05, 0.1) is 11.1 Å². The molecule has 1 aromatic rings. The summed E-state index contributed by atoms with van der Waals surface area (Å²) in [5.41, 5.74) is 6.57. The maximum atomic E-state index is 8.63. The molecule has 0 bridgehead atoms. The van der Waals surface area contributed by atoms with Crippen LogP contribution in [0.4, 0.5) is 5.69 Å². The summed E-state index contributed by atoms with van der Waals surface area (Å²) in [5, 5.41) is 0. The molecular formula is C12H15NO4S. The van der Waals surface area contributed by atoms with Gasteiger partial charge in [0.15, 0.2) is 5.71 Å². The number of fused-ring (bicyclic) bond motifs is 1. The van der Waals surface area contributed by atoms with Crippen molar-refractivity contribution in [2.45, 2.75) is 20.8 Å². The molecule has 5 nitrogen and oxygen atoms in total. The molecule has 0 amide bonds. The van der Waals surface area contributed by atoms with Crippen LogP contribution in [-0.4, -0.2) is 23.2 Å². The van der Waals surface area contributed by atoms with E-state index >= 15 is 0 Å². The first kappa shape index (κ1) is 14.6. The third kappa shape index (κ3) is 4.06. The van der Waals surface area contributed by atoms with Gasteiger partial charge >= 0.3 is 0 Å². The van der Waals surface area contributed by atoms with Gasteiger partial charge in [0.1, 0.15) is 0 Å². The van der Waals surface area contributed by atoms with Gasteiger partial charge in [-0.3, -0.25) is 4.55 Å². The average molecular weight is 269 g/mol. The lowest BCUT2D eigenvalue weighted by Crippen LogP contribution is -2.62. The van der Waals surface area contributed by atoms with Crippen LogP contribution in [0.15, 0.2) is 29.8 Å². The average Bonchev–Trinajstić information content (AvgIpc) is 2.50. The van der Waals surface area contributed by atoms with E-state index in [2.05, 4.69) is 50.0 Å². The SMILES string of the molecule is CC1=[NH+]c2ccccc2C1=C(C)C.O=S(=O)([O-])O. The quantitative estimate of drug-likeness (QED) is 0.535. The van der Waals surface area contributed by atoms with E-state index < -0.39 is 10.4 Å². The predicted molar refractivity (Wildman–Crippen MR) is 68.3 cm³/mol. The largest absolute Gasteiger partial charge is 0.726 e. The van der Waals surface area contributed by atoms with Gasteiger partial charge in [-0.05, 0) is 19.9 Å². The first-order valence-electron chi connectivity index (χ1n) is 5.26. The minimum atomic E-state index is -4.92. The summed E-state index contributed by atoms with van der Waals surface area (Å²) in [6.45, 7) is 6.44. The fraction of sp³-hybridized carbons (Fsp3) is 0.250. The summed E-state index contributed by atoms with van der Waals surface area (Å²) < 4.78 is 32.8. The summed E-state index contributed by atoms with van der Waals surface area (Å²) in [7, 11) is -4.92. The molecule has 0 aliphatic carbocycles. The molecule has 0 atom stereocenters. The normalized spacial score (nSPS) is 13.4. The van der Waals surface area contributed by atoms with Crippen molar-refractivity contribution >= 4 is 27.4 Å². The van der Waals surface area contributed by atoms with Gasteiger partial charge in [-0.1, -0.05) is 17.7 Å². The molecule has 0 saturated carbocycles. The van der Waals surface area contributed by atoms with Crippen LogP contribution in [0, 0.1) is 0 Å². The smallest absolute Gasteiger partial charge is 0.215 e. The van der Waals surface area contributed by atoms with Crippen molar-refractivity contribution in [3.05, 3.63) is 35.4 Å². The van der Waals surface area contributed by atoms with Gasteiger partial charge in [0.2, 0.25) is 16.1 Å². The van der Waals surface area contributed by atoms with Crippen molar-refractivity contribution in [3.63, 3.8) is 0 Å². The Morgan fingerprint density at radius 3 is 2.28 bits per heavy atom. The first-order chi connectivity index (χ1) is 8.20. The van der Waals surface area contributed by atoms with Crippen LogP contribution in [0.1, 0.15) is 26.3 Å². The lowest BCUT2D eigenvalue weighted by atomic mass is 9.99. The fourth-order valence-electron chi connectivity index (χ4n) is 1.92. The van der Waals surface area contributed by atoms with E-state index in [-0.39, 0.29) is 0 Å². The van der Waals surface area contributed by atoms with Crippen LogP contribution in [0.2, 0.25) is 0 Å². The Morgan fingerprint density at radius 1 is 1.28 bits per heavy atom. The number of nitrogens with one attached hydrogen (secondary N) is 1. The highest BCUT2D eigenvalue weighted by atomic mass is 32.3. The molecule has 0 unspecified atom stereocenters. The van der Waals surface area contributed by atoms with Crippen molar-refractivity contribution in [2.24, 2.45) is 0 Å². The minimum Gasteiger partial charge on any atom is -0.726 e. The zero-order valence-electron chi connectivity index (χ0n) is 10.4. The molecule has 1 heterocycles. The van der Waals surface area contributed by atoms with Crippen molar-refractivity contribution < 1.29 is 22.5 Å². The number of para-hydroxylation sites is 1. The second-order valence-corrected chi connectivity index (χ2v) is 4.95. The molecule has 0 saturated heterocycles. The highest BCUT2D eigenvalue weighted by Gasteiger charge is 2.24. The van der Waals surface area contributed by atoms with Crippen LogP contribution in [-0.2, 0) is 10.4 Å². The minimum absolute atomic E-state index is 1.23. The molecule has 0 spiro atoms. The first-order valence-corrected chi connectivity index (χ1v) is 6.63. The highest BCUT2D eigenvalue weighted by molar-refractivity contribution is 7.79. The second-order valence-electron chi connectivity index (χ2n) is 4.10. The Kier molecular flexibility index (Phi) is 4.39. The molecule has 0 radical (unpaired) electrons. The zero-order valence-corrected chi connectivity index (χ0v) is 11.2. The monoisotopic (exact) mass is 269 g/mol. The van der Waals surface area contributed by atoms with E-state index in [4.69, 9.17) is 17.5 Å². The van der Waals surface area contributed by atoms with Gasteiger partial charge in [0.25, 0.3) is 0 Å². The van der Waals surface area contributed by atoms with E-state index in [0.717, 1.165) is 0 Å². The number of benzene rings is 1. The van der Waals surface area contributed by atoms with E-state index in [0.29, 0.717) is 0 Å². The molecule has 98 valence electrons. The molecular weight excluding hydrogens is 254 g/mol. The van der Waals surface area contributed by atoms with Gasteiger partial charge < -0.3 is 4.55 Å². The molecule has 2 N–H and O–H groups in total. The molecule has 2 rings (SSSR count). The zero-order chi connectivity index (χ0) is 13.9. The Morgan fingerprint density at radius 2 is 1.78 bits per heavy atom. The molecule has 1 aliphatic rings. The van der Waals surface area contributed by atoms with Gasteiger partial charge in [-0.2, -0.15) is 0 Å². The Balaban J connectivity index is 0.000000280. The summed E-state index contributed by atoms with van der Waals surface area (Å²) >= 11 is 0. The lowest BCUT2D eigenvalue weighted by molar-refractivity contribution is -0.349. The Hall–Kier alpha value is -1.50. The lowest BCUT2D eigenvalue weighted by Gasteiger charge is -1.98. The van der Waals surface area contributed by atoms with E-state index in [1.165, 1.54) is 28.1 Å². The van der Waals surface area contributed by atoms with Crippen molar-refractivity contribution in [1.29, 1.82) is 0 Å². The molecule has 0 aromatic heterocycles. The fourth-order valence-corrected chi connectivity index (χ4v) is 1.92. The summed E-state index contributed by atoms with van der Waals surface area (Å²) in [6.07, 6.45) is 0. The van der Waals surface area contributed by atoms with Gasteiger partial charge in [-0.25, -0.2) is 13.4 Å². The maximum Gasteiger partial charge on any atom is 0.215 e. The van der Waals surface area contributed by atoms with Crippen LogP contribution in [0.5, 0.6) is 0 Å². The maximum absolute atomic E-state index is 8.63. The van der Waals surface area contributed by atoms with Crippen molar-refractivity contribution in [3.8, 4) is 0 Å². The van der Waals surface area contributed by atoms with Crippen LogP contribution >= 0.6 is 0 Å². The van der Waals surface area contributed by atoms with Crippen LogP contribution < -0.4 is 4.99 Å². The van der Waals surface area contributed by atoms with Crippen molar-refractivity contribution in [1.82, 2.24) is 0 Å². The van der Waals surface area contributed by atoms with E-state index in [1.54, 1.807) is 0 Å². The van der Waals surface area contributed by atoms with Gasteiger partial charge in [0, 0.05) is 13.0 Å². The van der Waals surface area contributed by atoms with Crippen molar-refractivity contribution in [2.75, 3.05) is 0 Å². The Labute approximate surface area is 106 Å². The molecule has 1 aromatic carbocycles. The number of hydrogen-bond acceptors (Lipinski definition) is 3. The predicted octanol–water partition coefficient (Wildman–Crippen LogP) is 0.671. The van der Waals surface area contributed by atoms with Gasteiger partial charge in [-0.15, -0.1) is 0 Å². The second kappa shape index (κ2) is 5.43. The summed E-state index contributed by atoms with van der Waals surface area (Å²) in [4.78, 5) is 3.39. The molecule has 0 fully saturated rings. The number of hydrogen-bond donors (Lipinski definition) is 2. The highest BCUT2D eigenvalue weighted by Crippen LogP contribution is 2.26. The van der Waals surface area contributed by atoms with Crippen LogP contribution in [0.25, 0.3) is 5.57 Å². The topological polar surface area (TPSA) is 91.4 Å². The van der Waals surface area contributed by atoms with E-state index in [1.807, 2.05) is 0 Å². The summed E-state index contributed by atoms with van der Waals surface area (Å²) in [5.74, 6) is 0. The van der Waals surface area contributed by atoms with Crippen LogP contribution in [0.3, 0.4) is 0 Å². The Bertz CT molecular complexity index is 603. The third-order valence-corrected chi connectivity index (χ3v) is 2.39. The molecule has 18 heavy (non-hydrogen) atoms. The molecule has 6 heteroatoms. The number of rotatable bonds is 0.